The maximum absolute atomic E-state index is 8.99. The molecule has 0 radical (unpaired) electrons. The van der Waals surface area contributed by atoms with E-state index in [1.165, 1.54) is 5.69 Å². The van der Waals surface area contributed by atoms with Crippen molar-refractivity contribution >= 4 is 28.8 Å². The zero-order valence-corrected chi connectivity index (χ0v) is 15.3. The van der Waals surface area contributed by atoms with E-state index in [1.807, 2.05) is 18.2 Å². The van der Waals surface area contributed by atoms with Crippen molar-refractivity contribution in [1.29, 1.82) is 5.26 Å². The molecule has 1 aromatic heterocycles. The van der Waals surface area contributed by atoms with Crippen LogP contribution in [0.2, 0.25) is 0 Å². The van der Waals surface area contributed by atoms with Gasteiger partial charge in [0.2, 0.25) is 5.95 Å². The third-order valence-corrected chi connectivity index (χ3v) is 4.07. The van der Waals surface area contributed by atoms with Gasteiger partial charge in [-0.1, -0.05) is 6.07 Å². The Balaban J connectivity index is 1.71. The monoisotopic (exact) mass is 359 g/mol. The zero-order valence-electron chi connectivity index (χ0n) is 15.3. The number of anilines is 5. The first-order valence-corrected chi connectivity index (χ1v) is 8.80. The molecule has 0 aliphatic rings. The van der Waals surface area contributed by atoms with Gasteiger partial charge in [0.1, 0.15) is 0 Å². The van der Waals surface area contributed by atoms with E-state index in [4.69, 9.17) is 5.26 Å². The van der Waals surface area contributed by atoms with Gasteiger partial charge in [0.25, 0.3) is 0 Å². The second-order valence-corrected chi connectivity index (χ2v) is 5.83. The van der Waals surface area contributed by atoms with Crippen molar-refractivity contribution in [2.24, 2.45) is 0 Å². The summed E-state index contributed by atoms with van der Waals surface area (Å²) < 4.78 is 0. The summed E-state index contributed by atoms with van der Waals surface area (Å²) in [6, 6.07) is 17.4. The van der Waals surface area contributed by atoms with E-state index >= 15 is 0 Å². The first-order valence-electron chi connectivity index (χ1n) is 8.80. The van der Waals surface area contributed by atoms with Crippen LogP contribution in [0, 0.1) is 11.3 Å². The molecule has 27 heavy (non-hydrogen) atoms. The molecular formula is C20H21N7. The quantitative estimate of drug-likeness (QED) is 0.657. The number of hydrogen-bond acceptors (Lipinski definition) is 7. The lowest BCUT2D eigenvalue weighted by molar-refractivity contribution is 0.866. The van der Waals surface area contributed by atoms with Crippen molar-refractivity contribution in [3.63, 3.8) is 0 Å². The number of nitrogens with one attached hydrogen (secondary N) is 2. The standard InChI is InChI=1S/C20H21N7/c1-3-27(4-2)18-10-8-16(9-11-18)23-19-14-22-26-20(25-19)24-17-7-5-6-15(12-17)13-21/h5-12,14H,3-4H2,1-2H3,(H2,23,24,25,26). The van der Waals surface area contributed by atoms with E-state index in [-0.39, 0.29) is 0 Å². The fraction of sp³-hybridized carbons (Fsp3) is 0.200. The molecule has 0 aliphatic heterocycles. The summed E-state index contributed by atoms with van der Waals surface area (Å²) in [6.45, 7) is 6.23. The van der Waals surface area contributed by atoms with Crippen molar-refractivity contribution in [3.05, 3.63) is 60.3 Å². The van der Waals surface area contributed by atoms with Crippen molar-refractivity contribution in [3.8, 4) is 6.07 Å². The maximum atomic E-state index is 8.99. The van der Waals surface area contributed by atoms with Crippen LogP contribution in [0.25, 0.3) is 0 Å². The molecule has 2 N–H and O–H groups in total. The maximum Gasteiger partial charge on any atom is 0.249 e. The SMILES string of the molecule is CCN(CC)c1ccc(Nc2cnnc(Nc3cccc(C#N)c3)n2)cc1. The van der Waals surface area contributed by atoms with Crippen LogP contribution in [0.1, 0.15) is 19.4 Å². The molecule has 0 saturated heterocycles. The summed E-state index contributed by atoms with van der Waals surface area (Å²) in [4.78, 5) is 6.70. The van der Waals surface area contributed by atoms with Crippen LogP contribution in [-0.4, -0.2) is 28.3 Å². The van der Waals surface area contributed by atoms with Crippen LogP contribution < -0.4 is 15.5 Å². The minimum absolute atomic E-state index is 0.356. The predicted molar refractivity (Wildman–Crippen MR) is 108 cm³/mol. The third-order valence-electron chi connectivity index (χ3n) is 4.07. The second kappa shape index (κ2) is 8.63. The second-order valence-electron chi connectivity index (χ2n) is 5.83. The molecule has 0 fully saturated rings. The smallest absolute Gasteiger partial charge is 0.249 e. The molecule has 7 heteroatoms. The van der Waals surface area contributed by atoms with Crippen molar-refractivity contribution in [2.45, 2.75) is 13.8 Å². The number of nitriles is 1. The highest BCUT2D eigenvalue weighted by Gasteiger charge is 2.05. The van der Waals surface area contributed by atoms with Crippen LogP contribution in [-0.2, 0) is 0 Å². The van der Waals surface area contributed by atoms with E-state index in [0.29, 0.717) is 17.3 Å². The van der Waals surface area contributed by atoms with E-state index in [1.54, 1.807) is 24.4 Å². The minimum Gasteiger partial charge on any atom is -0.372 e. The molecule has 0 atom stereocenters. The van der Waals surface area contributed by atoms with Gasteiger partial charge in [-0.3, -0.25) is 0 Å². The Labute approximate surface area is 158 Å². The van der Waals surface area contributed by atoms with E-state index in [2.05, 4.69) is 62.8 Å². The van der Waals surface area contributed by atoms with Crippen LogP contribution in [0.3, 0.4) is 0 Å². The van der Waals surface area contributed by atoms with E-state index in [0.717, 1.165) is 24.5 Å². The number of aromatic nitrogens is 3. The number of benzene rings is 2. The lowest BCUT2D eigenvalue weighted by Gasteiger charge is -2.21. The van der Waals surface area contributed by atoms with Gasteiger partial charge in [-0.15, -0.1) is 5.10 Å². The summed E-state index contributed by atoms with van der Waals surface area (Å²) in [7, 11) is 0. The van der Waals surface area contributed by atoms with Gasteiger partial charge in [-0.25, -0.2) is 0 Å². The molecule has 0 spiro atoms. The Morgan fingerprint density at radius 2 is 1.78 bits per heavy atom. The summed E-state index contributed by atoms with van der Waals surface area (Å²) >= 11 is 0. The minimum atomic E-state index is 0.356. The predicted octanol–water partition coefficient (Wildman–Crippen LogP) is 4.08. The largest absolute Gasteiger partial charge is 0.372 e. The Morgan fingerprint density at radius 3 is 2.48 bits per heavy atom. The van der Waals surface area contributed by atoms with Crippen molar-refractivity contribution < 1.29 is 0 Å². The highest BCUT2D eigenvalue weighted by Crippen LogP contribution is 2.21. The van der Waals surface area contributed by atoms with Gasteiger partial charge in [0.05, 0.1) is 17.8 Å². The van der Waals surface area contributed by atoms with Gasteiger partial charge in [-0.05, 0) is 56.3 Å². The zero-order chi connectivity index (χ0) is 19.1. The third kappa shape index (κ3) is 4.70. The Bertz CT molecular complexity index is 928. The molecule has 3 rings (SSSR count). The topological polar surface area (TPSA) is 89.8 Å². The first kappa shape index (κ1) is 18.1. The molecule has 0 unspecified atom stereocenters. The normalized spacial score (nSPS) is 10.1. The molecular weight excluding hydrogens is 338 g/mol. The first-order chi connectivity index (χ1) is 13.2. The van der Waals surface area contributed by atoms with Gasteiger partial charge in [0, 0.05) is 30.2 Å². The number of rotatable bonds is 7. The highest BCUT2D eigenvalue weighted by molar-refractivity contribution is 5.62. The molecule has 0 amide bonds. The van der Waals surface area contributed by atoms with Crippen LogP contribution in [0.4, 0.5) is 28.8 Å². The van der Waals surface area contributed by atoms with Crippen molar-refractivity contribution in [1.82, 2.24) is 15.2 Å². The summed E-state index contributed by atoms with van der Waals surface area (Å²) in [5.74, 6) is 0.939. The van der Waals surface area contributed by atoms with E-state index in [9.17, 15) is 0 Å². The van der Waals surface area contributed by atoms with Gasteiger partial charge in [0.15, 0.2) is 5.82 Å². The molecule has 1 heterocycles. The fourth-order valence-corrected chi connectivity index (χ4v) is 2.70. The fourth-order valence-electron chi connectivity index (χ4n) is 2.70. The Morgan fingerprint density at radius 1 is 1.00 bits per heavy atom. The van der Waals surface area contributed by atoms with Crippen LogP contribution in [0.15, 0.2) is 54.7 Å². The average Bonchev–Trinajstić information content (AvgIpc) is 2.70. The molecule has 2 aromatic carbocycles. The summed E-state index contributed by atoms with van der Waals surface area (Å²) in [5, 5.41) is 23.2. The van der Waals surface area contributed by atoms with Crippen LogP contribution in [0.5, 0.6) is 0 Å². The van der Waals surface area contributed by atoms with Crippen LogP contribution >= 0.6 is 0 Å². The van der Waals surface area contributed by atoms with Gasteiger partial charge in [-0.2, -0.15) is 15.3 Å². The molecule has 0 saturated carbocycles. The Hall–Kier alpha value is -3.66. The molecule has 0 aliphatic carbocycles. The summed E-state index contributed by atoms with van der Waals surface area (Å²) in [5.41, 5.74) is 3.40. The highest BCUT2D eigenvalue weighted by atomic mass is 15.3. The number of nitrogens with zero attached hydrogens (tertiary/aromatic N) is 5. The lowest BCUT2D eigenvalue weighted by atomic mass is 10.2. The lowest BCUT2D eigenvalue weighted by Crippen LogP contribution is -2.21. The summed E-state index contributed by atoms with van der Waals surface area (Å²) in [6.07, 6.45) is 1.56. The van der Waals surface area contributed by atoms with E-state index < -0.39 is 0 Å². The average molecular weight is 359 g/mol. The molecule has 3 aromatic rings. The van der Waals surface area contributed by atoms with Gasteiger partial charge < -0.3 is 15.5 Å². The molecule has 7 nitrogen and oxygen atoms in total. The van der Waals surface area contributed by atoms with Gasteiger partial charge >= 0.3 is 0 Å². The molecule has 136 valence electrons. The number of hydrogen-bond donors (Lipinski definition) is 2. The molecule has 0 bridgehead atoms. The Kier molecular flexibility index (Phi) is 5.80. The van der Waals surface area contributed by atoms with Crippen molar-refractivity contribution in [2.75, 3.05) is 28.6 Å².